The number of allylic oxidation sites excluding steroid dienone is 1. The monoisotopic (exact) mass is 209 g/mol. The summed E-state index contributed by atoms with van der Waals surface area (Å²) in [5.74, 6) is 0. The molecule has 3 N–H and O–H groups in total. The van der Waals surface area contributed by atoms with Crippen LogP contribution in [0.1, 0.15) is 26.7 Å². The third-order valence-electron chi connectivity index (χ3n) is 3.12. The van der Waals surface area contributed by atoms with E-state index in [0.717, 1.165) is 24.2 Å². The molecule has 0 fully saturated rings. The molecule has 2 unspecified atom stereocenters. The Labute approximate surface area is 90.7 Å². The Balaban J connectivity index is 2.37. The molecule has 2 heterocycles. The van der Waals surface area contributed by atoms with E-state index in [2.05, 4.69) is 30.4 Å². The minimum Gasteiger partial charge on any atom is -0.397 e. The number of fused-ring (bicyclic) bond motifs is 1. The van der Waals surface area contributed by atoms with E-state index in [1.54, 1.807) is 7.11 Å². The van der Waals surface area contributed by atoms with Crippen molar-refractivity contribution in [3.05, 3.63) is 23.0 Å². The van der Waals surface area contributed by atoms with Crippen molar-refractivity contribution in [1.82, 2.24) is 10.4 Å². The maximum Gasteiger partial charge on any atom is 0.166 e. The molecule has 0 saturated carbocycles. The Bertz CT molecular complexity index is 322. The fourth-order valence-corrected chi connectivity index (χ4v) is 2.22. The van der Waals surface area contributed by atoms with E-state index in [4.69, 9.17) is 10.5 Å². The molecule has 0 aromatic heterocycles. The number of rotatable bonds is 2. The van der Waals surface area contributed by atoms with Crippen molar-refractivity contribution in [2.75, 3.05) is 7.11 Å². The molecule has 0 bridgehead atoms. The van der Waals surface area contributed by atoms with Crippen molar-refractivity contribution < 1.29 is 4.74 Å². The smallest absolute Gasteiger partial charge is 0.166 e. The van der Waals surface area contributed by atoms with Gasteiger partial charge < -0.3 is 15.5 Å². The molecule has 0 spiro atoms. The quantitative estimate of drug-likeness (QED) is 0.714. The van der Waals surface area contributed by atoms with Gasteiger partial charge >= 0.3 is 0 Å². The van der Waals surface area contributed by atoms with Gasteiger partial charge in [0.15, 0.2) is 6.23 Å². The second-order valence-electron chi connectivity index (χ2n) is 4.09. The summed E-state index contributed by atoms with van der Waals surface area (Å²) < 4.78 is 5.29. The van der Waals surface area contributed by atoms with Crippen LogP contribution in [-0.4, -0.2) is 24.4 Å². The van der Waals surface area contributed by atoms with Crippen LogP contribution >= 0.6 is 0 Å². The van der Waals surface area contributed by atoms with E-state index in [1.165, 1.54) is 5.57 Å². The molecule has 15 heavy (non-hydrogen) atoms. The van der Waals surface area contributed by atoms with Gasteiger partial charge in [-0.2, -0.15) is 0 Å². The molecule has 2 aliphatic heterocycles. The predicted molar refractivity (Wildman–Crippen MR) is 59.4 cm³/mol. The first-order chi connectivity index (χ1) is 7.19. The summed E-state index contributed by atoms with van der Waals surface area (Å²) in [6.07, 6.45) is 4.18. The molecule has 0 aliphatic carbocycles. The highest BCUT2D eigenvalue weighted by Gasteiger charge is 2.35. The zero-order valence-corrected chi connectivity index (χ0v) is 9.58. The molecule has 4 nitrogen and oxygen atoms in total. The lowest BCUT2D eigenvalue weighted by Crippen LogP contribution is -2.45. The standard InChI is InChI=1S/C11H19N3O/c1-4-8-6-5-7(2)14-10(8)9(12)11(13-14)15-3/h6-7,11,13H,4-5,12H2,1-3H3. The van der Waals surface area contributed by atoms with Gasteiger partial charge in [-0.1, -0.05) is 13.0 Å². The van der Waals surface area contributed by atoms with Crippen molar-refractivity contribution in [2.24, 2.45) is 5.73 Å². The van der Waals surface area contributed by atoms with E-state index >= 15 is 0 Å². The van der Waals surface area contributed by atoms with E-state index < -0.39 is 0 Å². The second kappa shape index (κ2) is 3.87. The van der Waals surface area contributed by atoms with E-state index in [-0.39, 0.29) is 6.23 Å². The van der Waals surface area contributed by atoms with Gasteiger partial charge in [0.25, 0.3) is 0 Å². The summed E-state index contributed by atoms with van der Waals surface area (Å²) in [6.45, 7) is 4.33. The first-order valence-corrected chi connectivity index (χ1v) is 5.46. The average Bonchev–Trinajstić information content (AvgIpc) is 2.58. The van der Waals surface area contributed by atoms with Crippen LogP contribution in [0.15, 0.2) is 23.0 Å². The number of hydrogen-bond donors (Lipinski definition) is 2. The van der Waals surface area contributed by atoms with Crippen molar-refractivity contribution >= 4 is 0 Å². The lowest BCUT2D eigenvalue weighted by atomic mass is 9.99. The maximum absolute atomic E-state index is 6.08. The molecule has 2 aliphatic rings. The van der Waals surface area contributed by atoms with Gasteiger partial charge in [-0.05, 0) is 25.3 Å². The second-order valence-corrected chi connectivity index (χ2v) is 4.09. The highest BCUT2D eigenvalue weighted by atomic mass is 16.5. The molecule has 0 saturated heterocycles. The van der Waals surface area contributed by atoms with Crippen LogP contribution in [0, 0.1) is 0 Å². The van der Waals surface area contributed by atoms with Crippen LogP contribution in [0.5, 0.6) is 0 Å². The predicted octanol–water partition coefficient (Wildman–Crippen LogP) is 1.08. The molecular formula is C11H19N3O. The minimum atomic E-state index is -0.171. The van der Waals surface area contributed by atoms with Gasteiger partial charge in [-0.3, -0.25) is 0 Å². The number of nitrogens with zero attached hydrogens (tertiary/aromatic N) is 1. The number of hydrazine groups is 1. The fourth-order valence-electron chi connectivity index (χ4n) is 2.22. The van der Waals surface area contributed by atoms with Crippen LogP contribution in [0.2, 0.25) is 0 Å². The fraction of sp³-hybridized carbons (Fsp3) is 0.636. The summed E-state index contributed by atoms with van der Waals surface area (Å²) in [5.41, 5.74) is 12.6. The van der Waals surface area contributed by atoms with Crippen LogP contribution in [-0.2, 0) is 4.74 Å². The lowest BCUT2D eigenvalue weighted by molar-refractivity contribution is 0.0486. The van der Waals surface area contributed by atoms with E-state index in [9.17, 15) is 0 Å². The van der Waals surface area contributed by atoms with E-state index in [0.29, 0.717) is 6.04 Å². The van der Waals surface area contributed by atoms with Gasteiger partial charge in [-0.25, -0.2) is 5.43 Å². The largest absolute Gasteiger partial charge is 0.397 e. The van der Waals surface area contributed by atoms with Crippen LogP contribution < -0.4 is 11.2 Å². The summed E-state index contributed by atoms with van der Waals surface area (Å²) in [4.78, 5) is 0. The molecule has 2 atom stereocenters. The Morgan fingerprint density at radius 2 is 2.40 bits per heavy atom. The first kappa shape index (κ1) is 10.5. The topological polar surface area (TPSA) is 50.5 Å². The summed E-state index contributed by atoms with van der Waals surface area (Å²) in [5, 5.41) is 2.14. The number of hydrogen-bond acceptors (Lipinski definition) is 4. The third-order valence-corrected chi connectivity index (χ3v) is 3.12. The Morgan fingerprint density at radius 3 is 3.00 bits per heavy atom. The van der Waals surface area contributed by atoms with Crippen LogP contribution in [0.3, 0.4) is 0 Å². The van der Waals surface area contributed by atoms with Gasteiger partial charge in [-0.15, -0.1) is 0 Å². The SMILES string of the molecule is CCC1=CCC(C)N2NC(OC)C(N)=C12. The zero-order chi connectivity index (χ0) is 11.0. The zero-order valence-electron chi connectivity index (χ0n) is 9.58. The Kier molecular flexibility index (Phi) is 2.71. The first-order valence-electron chi connectivity index (χ1n) is 5.46. The van der Waals surface area contributed by atoms with Crippen molar-refractivity contribution in [2.45, 2.75) is 39.0 Å². The molecule has 0 radical (unpaired) electrons. The molecule has 2 rings (SSSR count). The maximum atomic E-state index is 6.08. The number of methoxy groups -OCH3 is 1. The highest BCUT2D eigenvalue weighted by Crippen LogP contribution is 2.32. The lowest BCUT2D eigenvalue weighted by Gasteiger charge is -2.33. The molecule has 84 valence electrons. The minimum absolute atomic E-state index is 0.171. The summed E-state index contributed by atoms with van der Waals surface area (Å²) in [7, 11) is 1.67. The van der Waals surface area contributed by atoms with Gasteiger partial charge in [0, 0.05) is 13.2 Å². The molecular weight excluding hydrogens is 190 g/mol. The summed E-state index contributed by atoms with van der Waals surface area (Å²) in [6, 6.07) is 0.439. The van der Waals surface area contributed by atoms with Gasteiger partial charge in [0.2, 0.25) is 0 Å². The van der Waals surface area contributed by atoms with Crippen LogP contribution in [0.25, 0.3) is 0 Å². The van der Waals surface area contributed by atoms with Crippen molar-refractivity contribution in [3.63, 3.8) is 0 Å². The van der Waals surface area contributed by atoms with Crippen molar-refractivity contribution in [1.29, 1.82) is 0 Å². The normalized spacial score (nSPS) is 30.6. The Morgan fingerprint density at radius 1 is 1.67 bits per heavy atom. The summed E-state index contributed by atoms with van der Waals surface area (Å²) >= 11 is 0. The Hall–Kier alpha value is -1.00. The number of ether oxygens (including phenoxy) is 1. The number of nitrogens with two attached hydrogens (primary N) is 1. The van der Waals surface area contributed by atoms with Crippen LogP contribution in [0.4, 0.5) is 0 Å². The molecule has 0 amide bonds. The molecule has 0 aromatic carbocycles. The molecule has 0 aromatic rings. The molecule has 4 heteroatoms. The van der Waals surface area contributed by atoms with Gasteiger partial charge in [0.05, 0.1) is 11.4 Å². The number of nitrogens with one attached hydrogen (secondary N) is 1. The highest BCUT2D eigenvalue weighted by molar-refractivity contribution is 5.39. The average molecular weight is 209 g/mol. The van der Waals surface area contributed by atoms with Crippen molar-refractivity contribution in [3.8, 4) is 0 Å². The van der Waals surface area contributed by atoms with E-state index in [1.807, 2.05) is 0 Å². The van der Waals surface area contributed by atoms with Gasteiger partial charge in [0.1, 0.15) is 0 Å². The third kappa shape index (κ3) is 1.54.